The molecule has 0 unspecified atom stereocenters. The number of halogens is 1. The average Bonchev–Trinajstić information content (AvgIpc) is 3.17. The first-order valence-electron chi connectivity index (χ1n) is 6.82. The standard InChI is InChI=1S/C15H13BrN4O2S2/c1-21-11-5-3-9(7-12(11)22-2)14-18-19-15(23)20(14)17-8-10-4-6-13(16)24-10/h3-8H,1-2H3,(H,19,23)/b17-8+. The summed E-state index contributed by atoms with van der Waals surface area (Å²) in [5.41, 5.74) is 0.810. The summed E-state index contributed by atoms with van der Waals surface area (Å²) in [6.07, 6.45) is 1.74. The third kappa shape index (κ3) is 3.42. The minimum Gasteiger partial charge on any atom is -0.493 e. The normalized spacial score (nSPS) is 11.1. The molecule has 0 amide bonds. The highest BCUT2D eigenvalue weighted by Crippen LogP contribution is 2.31. The molecule has 9 heteroatoms. The van der Waals surface area contributed by atoms with E-state index in [-0.39, 0.29) is 0 Å². The molecule has 1 aromatic carbocycles. The Kier molecular flexibility index (Phi) is 5.12. The summed E-state index contributed by atoms with van der Waals surface area (Å²) in [7, 11) is 3.18. The molecule has 2 heterocycles. The molecule has 0 aliphatic carbocycles. The van der Waals surface area contributed by atoms with Crippen molar-refractivity contribution in [3.63, 3.8) is 0 Å². The Morgan fingerprint density at radius 1 is 1.25 bits per heavy atom. The third-order valence-corrected chi connectivity index (χ3v) is 5.01. The molecule has 0 saturated carbocycles. The monoisotopic (exact) mass is 424 g/mol. The van der Waals surface area contributed by atoms with Gasteiger partial charge in [-0.05, 0) is 58.5 Å². The van der Waals surface area contributed by atoms with Gasteiger partial charge in [-0.25, -0.2) is 5.10 Å². The minimum atomic E-state index is 0.409. The van der Waals surface area contributed by atoms with Crippen LogP contribution in [-0.2, 0) is 0 Å². The van der Waals surface area contributed by atoms with Gasteiger partial charge < -0.3 is 9.47 Å². The summed E-state index contributed by atoms with van der Waals surface area (Å²) in [5, 5.41) is 11.5. The van der Waals surface area contributed by atoms with Crippen molar-refractivity contribution in [2.24, 2.45) is 5.10 Å². The van der Waals surface area contributed by atoms with Gasteiger partial charge in [0.15, 0.2) is 17.3 Å². The lowest BCUT2D eigenvalue weighted by Crippen LogP contribution is -1.96. The van der Waals surface area contributed by atoms with Crippen molar-refractivity contribution in [1.82, 2.24) is 14.9 Å². The second-order valence-corrected chi connectivity index (χ2v) is 7.50. The first-order chi connectivity index (χ1) is 11.6. The van der Waals surface area contributed by atoms with Gasteiger partial charge in [0.2, 0.25) is 4.77 Å². The van der Waals surface area contributed by atoms with Gasteiger partial charge in [-0.15, -0.1) is 11.3 Å². The summed E-state index contributed by atoms with van der Waals surface area (Å²) >= 11 is 10.3. The maximum atomic E-state index is 5.34. The van der Waals surface area contributed by atoms with Crippen LogP contribution in [0.15, 0.2) is 39.2 Å². The van der Waals surface area contributed by atoms with Crippen LogP contribution in [0.3, 0.4) is 0 Å². The first kappa shape index (κ1) is 16.9. The van der Waals surface area contributed by atoms with Crippen molar-refractivity contribution in [1.29, 1.82) is 0 Å². The molecule has 0 bridgehead atoms. The van der Waals surface area contributed by atoms with Crippen LogP contribution >= 0.6 is 39.5 Å². The molecule has 124 valence electrons. The van der Waals surface area contributed by atoms with Crippen LogP contribution < -0.4 is 9.47 Å². The van der Waals surface area contributed by atoms with Crippen LogP contribution in [0.5, 0.6) is 11.5 Å². The third-order valence-electron chi connectivity index (χ3n) is 3.19. The highest BCUT2D eigenvalue weighted by molar-refractivity contribution is 9.11. The molecule has 0 atom stereocenters. The number of thiophene rings is 1. The largest absolute Gasteiger partial charge is 0.493 e. The van der Waals surface area contributed by atoms with Gasteiger partial charge in [-0.1, -0.05) is 0 Å². The van der Waals surface area contributed by atoms with Gasteiger partial charge in [0.1, 0.15) is 0 Å². The summed E-state index contributed by atoms with van der Waals surface area (Å²) in [5.74, 6) is 1.85. The predicted octanol–water partition coefficient (Wildman–Crippen LogP) is 4.33. The topological polar surface area (TPSA) is 64.4 Å². The number of hydrogen-bond donors (Lipinski definition) is 1. The molecule has 0 radical (unpaired) electrons. The molecule has 0 aliphatic heterocycles. The zero-order chi connectivity index (χ0) is 17.1. The van der Waals surface area contributed by atoms with Crippen LogP contribution in [0.4, 0.5) is 0 Å². The molecular weight excluding hydrogens is 412 g/mol. The predicted molar refractivity (Wildman–Crippen MR) is 101 cm³/mol. The zero-order valence-electron chi connectivity index (χ0n) is 12.8. The van der Waals surface area contributed by atoms with E-state index < -0.39 is 0 Å². The van der Waals surface area contributed by atoms with Gasteiger partial charge in [0, 0.05) is 10.4 Å². The van der Waals surface area contributed by atoms with E-state index >= 15 is 0 Å². The molecule has 2 aromatic heterocycles. The molecule has 24 heavy (non-hydrogen) atoms. The highest BCUT2D eigenvalue weighted by Gasteiger charge is 2.12. The quantitative estimate of drug-likeness (QED) is 0.488. The number of hydrogen-bond acceptors (Lipinski definition) is 6. The molecule has 0 aliphatic rings. The van der Waals surface area contributed by atoms with Crippen molar-refractivity contribution < 1.29 is 9.47 Å². The van der Waals surface area contributed by atoms with Crippen LogP contribution in [0.25, 0.3) is 11.4 Å². The highest BCUT2D eigenvalue weighted by atomic mass is 79.9. The molecule has 3 aromatic rings. The van der Waals surface area contributed by atoms with Crippen molar-refractivity contribution in [2.75, 3.05) is 14.2 Å². The molecule has 6 nitrogen and oxygen atoms in total. The summed E-state index contributed by atoms with van der Waals surface area (Å²) in [6, 6.07) is 9.46. The lowest BCUT2D eigenvalue weighted by atomic mass is 10.2. The van der Waals surface area contributed by atoms with Crippen LogP contribution in [0.1, 0.15) is 4.88 Å². The van der Waals surface area contributed by atoms with Crippen molar-refractivity contribution >= 4 is 45.7 Å². The van der Waals surface area contributed by atoms with Gasteiger partial charge in [-0.2, -0.15) is 14.9 Å². The zero-order valence-corrected chi connectivity index (χ0v) is 16.0. The van der Waals surface area contributed by atoms with E-state index in [9.17, 15) is 0 Å². The fraction of sp³-hybridized carbons (Fsp3) is 0.133. The number of nitrogens with zero attached hydrogens (tertiary/aromatic N) is 3. The number of aromatic amines is 1. The molecule has 0 spiro atoms. The van der Waals surface area contributed by atoms with E-state index in [0.717, 1.165) is 14.2 Å². The summed E-state index contributed by atoms with van der Waals surface area (Å²) in [6.45, 7) is 0. The van der Waals surface area contributed by atoms with Gasteiger partial charge in [-0.3, -0.25) is 0 Å². The summed E-state index contributed by atoms with van der Waals surface area (Å²) < 4.78 is 13.6. The van der Waals surface area contributed by atoms with E-state index in [2.05, 4.69) is 31.2 Å². The number of nitrogens with one attached hydrogen (secondary N) is 1. The number of rotatable bonds is 5. The SMILES string of the molecule is COc1ccc(-c2n[nH]c(=S)n2/N=C/c2ccc(Br)s2)cc1OC. The van der Waals surface area contributed by atoms with E-state index in [1.54, 1.807) is 36.4 Å². The van der Waals surface area contributed by atoms with E-state index in [1.807, 2.05) is 30.3 Å². The van der Waals surface area contributed by atoms with E-state index in [0.29, 0.717) is 22.1 Å². The Hall–Kier alpha value is -1.97. The lowest BCUT2D eigenvalue weighted by molar-refractivity contribution is 0.355. The van der Waals surface area contributed by atoms with Gasteiger partial charge >= 0.3 is 0 Å². The smallest absolute Gasteiger partial charge is 0.216 e. The van der Waals surface area contributed by atoms with E-state index in [4.69, 9.17) is 21.7 Å². The second-order valence-electron chi connectivity index (χ2n) is 4.62. The number of benzene rings is 1. The maximum absolute atomic E-state index is 5.34. The van der Waals surface area contributed by atoms with Crippen LogP contribution in [0, 0.1) is 4.77 Å². The number of methoxy groups -OCH3 is 2. The number of aromatic nitrogens is 3. The summed E-state index contributed by atoms with van der Waals surface area (Å²) in [4.78, 5) is 1.00. The molecule has 3 rings (SSSR count). The van der Waals surface area contributed by atoms with Gasteiger partial charge in [0.25, 0.3) is 0 Å². The minimum absolute atomic E-state index is 0.409. The van der Waals surface area contributed by atoms with Crippen molar-refractivity contribution in [3.05, 3.63) is 43.8 Å². The molecule has 1 N–H and O–H groups in total. The Morgan fingerprint density at radius 3 is 2.71 bits per heavy atom. The Labute approximate surface area is 155 Å². The van der Waals surface area contributed by atoms with Gasteiger partial charge in [0.05, 0.1) is 24.2 Å². The fourth-order valence-corrected chi connectivity index (χ4v) is 3.54. The number of ether oxygens (including phenoxy) is 2. The average molecular weight is 425 g/mol. The molecule has 0 saturated heterocycles. The van der Waals surface area contributed by atoms with Crippen molar-refractivity contribution in [3.8, 4) is 22.9 Å². The molecular formula is C15H13BrN4O2S2. The van der Waals surface area contributed by atoms with E-state index in [1.165, 1.54) is 0 Å². The van der Waals surface area contributed by atoms with Crippen molar-refractivity contribution in [2.45, 2.75) is 0 Å². The second kappa shape index (κ2) is 7.29. The molecule has 0 fully saturated rings. The Morgan fingerprint density at radius 2 is 2.04 bits per heavy atom. The van der Waals surface area contributed by atoms with Crippen LogP contribution in [-0.4, -0.2) is 35.3 Å². The maximum Gasteiger partial charge on any atom is 0.216 e. The first-order valence-corrected chi connectivity index (χ1v) is 8.83. The Balaban J connectivity index is 2.01. The fourth-order valence-electron chi connectivity index (χ4n) is 2.07. The van der Waals surface area contributed by atoms with Crippen LogP contribution in [0.2, 0.25) is 0 Å². The lowest BCUT2D eigenvalue weighted by Gasteiger charge is -2.08. The number of H-pyrrole nitrogens is 1. The Bertz CT molecular complexity index is 945.